The van der Waals surface area contributed by atoms with Crippen molar-refractivity contribution in [3.05, 3.63) is 78.6 Å². The minimum Gasteiger partial charge on any atom is -0.314 e. The Morgan fingerprint density at radius 1 is 1.08 bits per heavy atom. The van der Waals surface area contributed by atoms with E-state index in [2.05, 4.69) is 55.1 Å². The van der Waals surface area contributed by atoms with E-state index in [1.54, 1.807) is 0 Å². The third-order valence-electron chi connectivity index (χ3n) is 4.52. The number of rotatable bonds is 4. The van der Waals surface area contributed by atoms with E-state index in [0.717, 1.165) is 37.7 Å². The Morgan fingerprint density at radius 2 is 2.00 bits per heavy atom. The quantitative estimate of drug-likeness (QED) is 0.802. The summed E-state index contributed by atoms with van der Waals surface area (Å²) in [5.41, 5.74) is 2.40. The summed E-state index contributed by atoms with van der Waals surface area (Å²) in [6.07, 6.45) is 7.70. The average molecular weight is 319 g/mol. The van der Waals surface area contributed by atoms with Crippen molar-refractivity contribution >= 4 is 0 Å². The van der Waals surface area contributed by atoms with Gasteiger partial charge in [-0.2, -0.15) is 0 Å². The van der Waals surface area contributed by atoms with Crippen LogP contribution < -0.4 is 5.32 Å². The molecule has 1 aromatic carbocycles. The van der Waals surface area contributed by atoms with Crippen molar-refractivity contribution in [1.82, 2.24) is 24.8 Å². The second kappa shape index (κ2) is 6.95. The first-order chi connectivity index (χ1) is 11.9. The predicted molar refractivity (Wildman–Crippen MR) is 93.8 cm³/mol. The molecule has 0 amide bonds. The number of imidazole rings is 1. The molecule has 3 aromatic rings. The van der Waals surface area contributed by atoms with Crippen LogP contribution in [0.15, 0.2) is 67.3 Å². The van der Waals surface area contributed by atoms with Crippen molar-refractivity contribution in [2.24, 2.45) is 0 Å². The van der Waals surface area contributed by atoms with Gasteiger partial charge in [0.2, 0.25) is 0 Å². The number of aromatic nitrogens is 3. The standard InChI is InChI=1S/C19H21N5/c1-2-6-17(7-3-1)24-12-10-22-19(24)15-23-11-9-21-14-18(23)16-5-4-8-20-13-16/h1-8,10,12-13,18,21H,9,11,14-15H2. The molecule has 3 heterocycles. The van der Waals surface area contributed by atoms with Gasteiger partial charge in [0.05, 0.1) is 6.54 Å². The number of pyridine rings is 1. The van der Waals surface area contributed by atoms with Crippen LogP contribution >= 0.6 is 0 Å². The summed E-state index contributed by atoms with van der Waals surface area (Å²) in [6, 6.07) is 14.9. The molecule has 0 aliphatic carbocycles. The molecule has 4 rings (SSSR count). The second-order valence-corrected chi connectivity index (χ2v) is 6.03. The van der Waals surface area contributed by atoms with Gasteiger partial charge in [-0.1, -0.05) is 24.3 Å². The van der Waals surface area contributed by atoms with Crippen LogP contribution in [-0.2, 0) is 6.54 Å². The monoisotopic (exact) mass is 319 g/mol. The molecule has 1 aliphatic heterocycles. The Balaban J connectivity index is 1.59. The Kier molecular flexibility index (Phi) is 4.36. The van der Waals surface area contributed by atoms with E-state index in [1.807, 2.05) is 36.9 Å². The van der Waals surface area contributed by atoms with Crippen LogP contribution in [0, 0.1) is 0 Å². The average Bonchev–Trinajstić information content (AvgIpc) is 3.12. The molecular weight excluding hydrogens is 298 g/mol. The van der Waals surface area contributed by atoms with Gasteiger partial charge < -0.3 is 9.88 Å². The van der Waals surface area contributed by atoms with E-state index in [1.165, 1.54) is 5.56 Å². The maximum absolute atomic E-state index is 4.60. The topological polar surface area (TPSA) is 46.0 Å². The van der Waals surface area contributed by atoms with Crippen molar-refractivity contribution in [2.75, 3.05) is 19.6 Å². The zero-order valence-electron chi connectivity index (χ0n) is 13.5. The van der Waals surface area contributed by atoms with E-state index in [9.17, 15) is 0 Å². The minimum absolute atomic E-state index is 0.327. The van der Waals surface area contributed by atoms with E-state index in [0.29, 0.717) is 6.04 Å². The third-order valence-corrected chi connectivity index (χ3v) is 4.52. The Labute approximate surface area is 142 Å². The highest BCUT2D eigenvalue weighted by atomic mass is 15.2. The van der Waals surface area contributed by atoms with Crippen LogP contribution in [0.4, 0.5) is 0 Å². The van der Waals surface area contributed by atoms with E-state index < -0.39 is 0 Å². The summed E-state index contributed by atoms with van der Waals surface area (Å²) in [6.45, 7) is 3.77. The van der Waals surface area contributed by atoms with Gasteiger partial charge in [0, 0.05) is 56.2 Å². The minimum atomic E-state index is 0.327. The molecule has 24 heavy (non-hydrogen) atoms. The summed E-state index contributed by atoms with van der Waals surface area (Å²) in [4.78, 5) is 11.4. The lowest BCUT2D eigenvalue weighted by Gasteiger charge is -2.36. The maximum atomic E-state index is 4.60. The van der Waals surface area contributed by atoms with E-state index in [-0.39, 0.29) is 0 Å². The lowest BCUT2D eigenvalue weighted by atomic mass is 10.1. The molecule has 122 valence electrons. The summed E-state index contributed by atoms with van der Waals surface area (Å²) in [5.74, 6) is 1.07. The number of para-hydroxylation sites is 1. The van der Waals surface area contributed by atoms with Crippen LogP contribution in [0.25, 0.3) is 5.69 Å². The SMILES string of the molecule is c1ccc(-n2ccnc2CN2CCNCC2c2cccnc2)cc1. The van der Waals surface area contributed by atoms with Crippen LogP contribution in [0.1, 0.15) is 17.4 Å². The fraction of sp³-hybridized carbons (Fsp3) is 0.263. The normalized spacial score (nSPS) is 18.6. The maximum Gasteiger partial charge on any atom is 0.127 e. The second-order valence-electron chi connectivity index (χ2n) is 6.03. The first-order valence-electron chi connectivity index (χ1n) is 8.34. The van der Waals surface area contributed by atoms with Crippen molar-refractivity contribution in [3.8, 4) is 5.69 Å². The van der Waals surface area contributed by atoms with Crippen molar-refractivity contribution < 1.29 is 0 Å². The fourth-order valence-corrected chi connectivity index (χ4v) is 3.29. The predicted octanol–water partition coefficient (Wildman–Crippen LogP) is 2.41. The molecule has 1 unspecified atom stereocenters. The van der Waals surface area contributed by atoms with Crippen molar-refractivity contribution in [1.29, 1.82) is 0 Å². The molecule has 1 saturated heterocycles. The Hall–Kier alpha value is -2.50. The molecule has 5 heteroatoms. The number of nitrogens with zero attached hydrogens (tertiary/aromatic N) is 4. The highest BCUT2D eigenvalue weighted by molar-refractivity contribution is 5.32. The number of hydrogen-bond acceptors (Lipinski definition) is 4. The molecule has 0 spiro atoms. The van der Waals surface area contributed by atoms with Gasteiger partial charge in [-0.15, -0.1) is 0 Å². The summed E-state index contributed by atoms with van der Waals surface area (Å²) >= 11 is 0. The number of benzene rings is 1. The lowest BCUT2D eigenvalue weighted by Crippen LogP contribution is -2.45. The molecule has 0 radical (unpaired) electrons. The van der Waals surface area contributed by atoms with Gasteiger partial charge >= 0.3 is 0 Å². The summed E-state index contributed by atoms with van der Waals surface area (Å²) in [7, 11) is 0. The zero-order chi connectivity index (χ0) is 16.2. The van der Waals surface area contributed by atoms with Crippen LogP contribution in [0.5, 0.6) is 0 Å². The Morgan fingerprint density at radius 3 is 2.83 bits per heavy atom. The van der Waals surface area contributed by atoms with Gasteiger partial charge in [0.1, 0.15) is 5.82 Å². The van der Waals surface area contributed by atoms with Crippen LogP contribution in [0.3, 0.4) is 0 Å². The zero-order valence-corrected chi connectivity index (χ0v) is 13.5. The molecule has 5 nitrogen and oxygen atoms in total. The summed E-state index contributed by atoms with van der Waals surface area (Å²) in [5, 5.41) is 3.49. The first kappa shape index (κ1) is 15.1. The van der Waals surface area contributed by atoms with Crippen molar-refractivity contribution in [3.63, 3.8) is 0 Å². The molecule has 0 bridgehead atoms. The molecule has 1 aliphatic rings. The van der Waals surface area contributed by atoms with E-state index in [4.69, 9.17) is 0 Å². The highest BCUT2D eigenvalue weighted by Gasteiger charge is 2.25. The van der Waals surface area contributed by atoms with Crippen molar-refractivity contribution in [2.45, 2.75) is 12.6 Å². The molecule has 1 atom stereocenters. The van der Waals surface area contributed by atoms with Gasteiger partial charge in [-0.3, -0.25) is 9.88 Å². The first-order valence-corrected chi connectivity index (χ1v) is 8.34. The largest absolute Gasteiger partial charge is 0.314 e. The van der Waals surface area contributed by atoms with Gasteiger partial charge in [-0.25, -0.2) is 4.98 Å². The number of piperazine rings is 1. The molecule has 2 aromatic heterocycles. The van der Waals surface area contributed by atoms with Gasteiger partial charge in [0.25, 0.3) is 0 Å². The van der Waals surface area contributed by atoms with E-state index >= 15 is 0 Å². The van der Waals surface area contributed by atoms with Gasteiger partial charge in [0.15, 0.2) is 0 Å². The summed E-state index contributed by atoms with van der Waals surface area (Å²) < 4.78 is 2.17. The molecule has 0 saturated carbocycles. The van der Waals surface area contributed by atoms with Gasteiger partial charge in [-0.05, 0) is 23.8 Å². The number of hydrogen-bond donors (Lipinski definition) is 1. The lowest BCUT2D eigenvalue weighted by molar-refractivity contribution is 0.149. The number of nitrogens with one attached hydrogen (secondary N) is 1. The molecule has 1 fully saturated rings. The van der Waals surface area contributed by atoms with Crippen LogP contribution in [-0.4, -0.2) is 39.1 Å². The fourth-order valence-electron chi connectivity index (χ4n) is 3.29. The van der Waals surface area contributed by atoms with Crippen LogP contribution in [0.2, 0.25) is 0 Å². The molecule has 1 N–H and O–H groups in total. The molecular formula is C19H21N5. The smallest absolute Gasteiger partial charge is 0.127 e. The highest BCUT2D eigenvalue weighted by Crippen LogP contribution is 2.23. The Bertz CT molecular complexity index is 769. The third kappa shape index (κ3) is 3.09.